The number of ether oxygens (including phenoxy) is 2. The summed E-state index contributed by atoms with van der Waals surface area (Å²) in [5.41, 5.74) is 1.97. The Bertz CT molecular complexity index is 672. The Kier molecular flexibility index (Phi) is 4.94. The fourth-order valence-corrected chi connectivity index (χ4v) is 1.78. The predicted molar refractivity (Wildman–Crippen MR) is 84.2 cm³/mol. The van der Waals surface area contributed by atoms with Gasteiger partial charge in [0.25, 0.3) is 0 Å². The summed E-state index contributed by atoms with van der Waals surface area (Å²) in [5.74, 6) is 0.836. The average Bonchev–Trinajstić information content (AvgIpc) is 2.53. The topological polar surface area (TPSA) is 35.5 Å². The van der Waals surface area contributed by atoms with Gasteiger partial charge in [-0.3, -0.25) is 0 Å². The van der Waals surface area contributed by atoms with Crippen LogP contribution in [0.3, 0.4) is 0 Å². The van der Waals surface area contributed by atoms with Crippen LogP contribution in [0.2, 0.25) is 0 Å². The largest absolute Gasteiger partial charge is 0.497 e. The molecular weight excluding hydrogens is 264 g/mol. The molecule has 0 atom stereocenters. The van der Waals surface area contributed by atoms with Gasteiger partial charge in [-0.15, -0.1) is 0 Å². The van der Waals surface area contributed by atoms with Crippen LogP contribution in [0, 0.1) is 0 Å². The van der Waals surface area contributed by atoms with Crippen molar-refractivity contribution in [3.63, 3.8) is 0 Å². The van der Waals surface area contributed by atoms with Gasteiger partial charge in [0.1, 0.15) is 11.5 Å². The minimum Gasteiger partial charge on any atom is -0.497 e. The minimum atomic E-state index is -0.469. The smallest absolute Gasteiger partial charge is 0.335 e. The predicted octanol–water partition coefficient (Wildman–Crippen LogP) is 3.96. The third-order valence-corrected chi connectivity index (χ3v) is 2.81. The molecule has 0 aliphatic heterocycles. The molecule has 0 bridgehead atoms. The van der Waals surface area contributed by atoms with E-state index >= 15 is 0 Å². The summed E-state index contributed by atoms with van der Waals surface area (Å²) in [6.07, 6.45) is 5.05. The zero-order valence-electron chi connectivity index (χ0n) is 11.8. The first-order valence-corrected chi connectivity index (χ1v) is 6.48. The van der Waals surface area contributed by atoms with Gasteiger partial charge < -0.3 is 9.47 Å². The Hall–Kier alpha value is -2.81. The number of methoxy groups -OCH3 is 1. The number of esters is 1. The highest BCUT2D eigenvalue weighted by Gasteiger charge is 1.99. The van der Waals surface area contributed by atoms with Gasteiger partial charge in [0, 0.05) is 6.08 Å². The van der Waals surface area contributed by atoms with E-state index < -0.39 is 5.97 Å². The van der Waals surface area contributed by atoms with Gasteiger partial charge in [0.2, 0.25) is 0 Å². The average molecular weight is 280 g/mol. The Morgan fingerprint density at radius 1 is 1.00 bits per heavy atom. The third kappa shape index (κ3) is 4.35. The lowest BCUT2D eigenvalue weighted by Crippen LogP contribution is -2.02. The summed E-state index contributed by atoms with van der Waals surface area (Å²) in [6.45, 7) is 3.37. The SMILES string of the molecule is C=CC(=O)Oc1cccc(/C=C\c2cccc(OC)c2)c1. The highest BCUT2D eigenvalue weighted by atomic mass is 16.5. The molecule has 0 saturated heterocycles. The normalized spacial score (nSPS) is 10.3. The Labute approximate surface area is 124 Å². The lowest BCUT2D eigenvalue weighted by molar-refractivity contribution is -0.128. The van der Waals surface area contributed by atoms with Crippen molar-refractivity contribution in [1.29, 1.82) is 0 Å². The van der Waals surface area contributed by atoms with E-state index in [4.69, 9.17) is 9.47 Å². The molecule has 2 rings (SSSR count). The van der Waals surface area contributed by atoms with Crippen molar-refractivity contribution in [2.45, 2.75) is 0 Å². The maximum absolute atomic E-state index is 11.2. The molecule has 3 heteroatoms. The van der Waals surface area contributed by atoms with Crippen molar-refractivity contribution in [2.75, 3.05) is 7.11 Å². The third-order valence-electron chi connectivity index (χ3n) is 2.81. The quantitative estimate of drug-likeness (QED) is 0.360. The van der Waals surface area contributed by atoms with Crippen LogP contribution in [0.5, 0.6) is 11.5 Å². The fraction of sp³-hybridized carbons (Fsp3) is 0.0556. The maximum Gasteiger partial charge on any atom is 0.335 e. The molecule has 0 radical (unpaired) electrons. The van der Waals surface area contributed by atoms with Gasteiger partial charge in [-0.05, 0) is 35.4 Å². The molecule has 0 saturated carbocycles. The number of benzene rings is 2. The summed E-state index contributed by atoms with van der Waals surface area (Å²) in [6, 6.07) is 15.0. The molecule has 2 aromatic carbocycles. The molecular formula is C18H16O3. The highest BCUT2D eigenvalue weighted by molar-refractivity contribution is 5.83. The molecule has 0 fully saturated rings. The number of hydrogen-bond donors (Lipinski definition) is 0. The minimum absolute atomic E-state index is 0.469. The van der Waals surface area contributed by atoms with Gasteiger partial charge >= 0.3 is 5.97 Å². The Balaban J connectivity index is 2.14. The van der Waals surface area contributed by atoms with Gasteiger partial charge in [0.15, 0.2) is 0 Å². The first-order valence-electron chi connectivity index (χ1n) is 6.48. The van der Waals surface area contributed by atoms with E-state index in [1.165, 1.54) is 0 Å². The van der Waals surface area contributed by atoms with E-state index in [1.807, 2.05) is 48.6 Å². The second-order valence-electron chi connectivity index (χ2n) is 4.31. The number of rotatable bonds is 5. The Morgan fingerprint density at radius 3 is 2.14 bits per heavy atom. The van der Waals surface area contributed by atoms with Crippen LogP contribution in [0.1, 0.15) is 11.1 Å². The van der Waals surface area contributed by atoms with E-state index in [0.29, 0.717) is 5.75 Å². The number of hydrogen-bond acceptors (Lipinski definition) is 3. The van der Waals surface area contributed by atoms with Gasteiger partial charge in [0.05, 0.1) is 7.11 Å². The van der Waals surface area contributed by atoms with E-state index in [2.05, 4.69) is 6.58 Å². The second kappa shape index (κ2) is 7.10. The molecule has 0 heterocycles. The Morgan fingerprint density at radius 2 is 1.57 bits per heavy atom. The number of carbonyl (C=O) groups is 1. The molecule has 106 valence electrons. The molecule has 0 N–H and O–H groups in total. The van der Waals surface area contributed by atoms with Crippen LogP contribution in [0.4, 0.5) is 0 Å². The number of carbonyl (C=O) groups excluding carboxylic acids is 1. The van der Waals surface area contributed by atoms with Crippen LogP contribution in [0.15, 0.2) is 61.2 Å². The first-order chi connectivity index (χ1) is 10.2. The summed E-state index contributed by atoms with van der Waals surface area (Å²) in [4.78, 5) is 11.2. The van der Waals surface area contributed by atoms with Gasteiger partial charge in [-0.25, -0.2) is 4.79 Å². The monoisotopic (exact) mass is 280 g/mol. The van der Waals surface area contributed by atoms with E-state index in [-0.39, 0.29) is 0 Å². The van der Waals surface area contributed by atoms with Crippen molar-refractivity contribution >= 4 is 18.1 Å². The molecule has 3 nitrogen and oxygen atoms in total. The molecule has 21 heavy (non-hydrogen) atoms. The molecule has 0 spiro atoms. The maximum atomic E-state index is 11.2. The summed E-state index contributed by atoms with van der Waals surface area (Å²) in [7, 11) is 1.64. The molecule has 0 unspecified atom stereocenters. The van der Waals surface area contributed by atoms with Crippen molar-refractivity contribution < 1.29 is 14.3 Å². The molecule has 0 aliphatic rings. The van der Waals surface area contributed by atoms with Gasteiger partial charge in [-0.2, -0.15) is 0 Å². The summed E-state index contributed by atoms with van der Waals surface area (Å²) < 4.78 is 10.3. The van der Waals surface area contributed by atoms with Crippen molar-refractivity contribution in [3.05, 3.63) is 72.3 Å². The van der Waals surface area contributed by atoms with Crippen molar-refractivity contribution in [3.8, 4) is 11.5 Å². The molecule has 0 aromatic heterocycles. The molecule has 0 aliphatic carbocycles. The van der Waals surface area contributed by atoms with Gasteiger partial charge in [-0.1, -0.05) is 43.0 Å². The van der Waals surface area contributed by atoms with Crippen LogP contribution in [-0.2, 0) is 4.79 Å². The standard InChI is InChI=1S/C18H16O3/c1-3-18(19)21-17-9-5-7-15(13-17)11-10-14-6-4-8-16(12-14)20-2/h3-13H,1H2,2H3/b11-10-. The molecule has 0 amide bonds. The van der Waals surface area contributed by atoms with Crippen molar-refractivity contribution in [2.24, 2.45) is 0 Å². The summed E-state index contributed by atoms with van der Waals surface area (Å²) >= 11 is 0. The van der Waals surface area contributed by atoms with Crippen molar-refractivity contribution in [1.82, 2.24) is 0 Å². The lowest BCUT2D eigenvalue weighted by atomic mass is 10.1. The lowest BCUT2D eigenvalue weighted by Gasteiger charge is -2.02. The zero-order chi connectivity index (χ0) is 15.1. The highest BCUT2D eigenvalue weighted by Crippen LogP contribution is 2.18. The van der Waals surface area contributed by atoms with Crippen LogP contribution in [0.25, 0.3) is 12.2 Å². The van der Waals surface area contributed by atoms with E-state index in [1.54, 1.807) is 19.2 Å². The zero-order valence-corrected chi connectivity index (χ0v) is 11.8. The fourth-order valence-electron chi connectivity index (χ4n) is 1.78. The first kappa shape index (κ1) is 14.6. The van der Waals surface area contributed by atoms with E-state index in [9.17, 15) is 4.79 Å². The van der Waals surface area contributed by atoms with E-state index in [0.717, 1.165) is 23.0 Å². The van der Waals surface area contributed by atoms with Crippen LogP contribution < -0.4 is 9.47 Å². The second-order valence-corrected chi connectivity index (χ2v) is 4.31. The summed E-state index contributed by atoms with van der Waals surface area (Å²) in [5, 5.41) is 0. The van der Waals surface area contributed by atoms with Crippen LogP contribution >= 0.6 is 0 Å². The van der Waals surface area contributed by atoms with Crippen LogP contribution in [-0.4, -0.2) is 13.1 Å². The molecule has 2 aromatic rings.